The Balaban J connectivity index is 2.33. The molecule has 0 saturated carbocycles. The first-order chi connectivity index (χ1) is 9.63. The Bertz CT molecular complexity index is 575. The molecule has 1 N–H and O–H groups in total. The van der Waals surface area contributed by atoms with E-state index in [4.69, 9.17) is 11.6 Å². The Morgan fingerprint density at radius 3 is 2.50 bits per heavy atom. The molecule has 2 heterocycles. The van der Waals surface area contributed by atoms with Gasteiger partial charge in [-0.15, -0.1) is 0 Å². The van der Waals surface area contributed by atoms with Crippen molar-refractivity contribution in [2.45, 2.75) is 27.2 Å². The fraction of sp³-hybridized carbons (Fsp3) is 0.400. The fourth-order valence-corrected chi connectivity index (χ4v) is 2.35. The molecule has 5 heteroatoms. The van der Waals surface area contributed by atoms with Gasteiger partial charge in [0, 0.05) is 17.6 Å². The lowest BCUT2D eigenvalue weighted by molar-refractivity contribution is 0.708. The van der Waals surface area contributed by atoms with Gasteiger partial charge < -0.3 is 5.32 Å². The van der Waals surface area contributed by atoms with Gasteiger partial charge in [-0.3, -0.25) is 4.98 Å². The Kier molecular flexibility index (Phi) is 5.04. The van der Waals surface area contributed by atoms with Gasteiger partial charge >= 0.3 is 0 Å². The van der Waals surface area contributed by atoms with Gasteiger partial charge in [0.2, 0.25) is 0 Å². The standard InChI is InChI=1S/C15H19ClN4/c1-4-17-9-7-12-10(2)19-15(20-11(12)3)14-13(16)6-5-8-18-14/h5-6,8,17H,4,7,9H2,1-3H3. The van der Waals surface area contributed by atoms with E-state index in [1.54, 1.807) is 18.3 Å². The highest BCUT2D eigenvalue weighted by Gasteiger charge is 2.12. The van der Waals surface area contributed by atoms with Gasteiger partial charge in [-0.05, 0) is 51.1 Å². The predicted molar refractivity (Wildman–Crippen MR) is 82.0 cm³/mol. The molecule has 0 spiro atoms. The van der Waals surface area contributed by atoms with Crippen molar-refractivity contribution in [1.29, 1.82) is 0 Å². The molecule has 106 valence electrons. The van der Waals surface area contributed by atoms with Gasteiger partial charge in [0.25, 0.3) is 0 Å². The SMILES string of the molecule is CCNCCc1c(C)nc(-c2ncccc2Cl)nc1C. The smallest absolute Gasteiger partial charge is 0.180 e. The number of halogens is 1. The van der Waals surface area contributed by atoms with Gasteiger partial charge in [-0.25, -0.2) is 9.97 Å². The van der Waals surface area contributed by atoms with E-state index < -0.39 is 0 Å². The van der Waals surface area contributed by atoms with Crippen LogP contribution in [-0.2, 0) is 6.42 Å². The van der Waals surface area contributed by atoms with Crippen LogP contribution in [0.25, 0.3) is 11.5 Å². The van der Waals surface area contributed by atoms with Crippen LogP contribution in [0.15, 0.2) is 18.3 Å². The molecule has 0 atom stereocenters. The maximum atomic E-state index is 6.15. The zero-order chi connectivity index (χ0) is 14.5. The Morgan fingerprint density at radius 2 is 1.90 bits per heavy atom. The zero-order valence-corrected chi connectivity index (χ0v) is 12.8. The number of aromatic nitrogens is 3. The molecule has 0 aliphatic heterocycles. The first-order valence-electron chi connectivity index (χ1n) is 6.79. The molecular formula is C15H19ClN4. The maximum Gasteiger partial charge on any atom is 0.180 e. The summed E-state index contributed by atoms with van der Waals surface area (Å²) in [4.78, 5) is 13.4. The molecule has 0 saturated heterocycles. The molecule has 2 aromatic rings. The lowest BCUT2D eigenvalue weighted by Crippen LogP contribution is -2.18. The van der Waals surface area contributed by atoms with Crippen molar-refractivity contribution in [3.8, 4) is 11.5 Å². The van der Waals surface area contributed by atoms with Crippen LogP contribution in [0.4, 0.5) is 0 Å². The predicted octanol–water partition coefficient (Wildman–Crippen LogP) is 2.96. The monoisotopic (exact) mass is 290 g/mol. The third-order valence-corrected chi connectivity index (χ3v) is 3.50. The summed E-state index contributed by atoms with van der Waals surface area (Å²) in [6.07, 6.45) is 2.63. The van der Waals surface area contributed by atoms with Crippen LogP contribution in [0.5, 0.6) is 0 Å². The van der Waals surface area contributed by atoms with Crippen molar-refractivity contribution in [2.24, 2.45) is 0 Å². The number of hydrogen-bond donors (Lipinski definition) is 1. The summed E-state index contributed by atoms with van der Waals surface area (Å²) in [7, 11) is 0. The topological polar surface area (TPSA) is 50.7 Å². The van der Waals surface area contributed by atoms with E-state index in [9.17, 15) is 0 Å². The summed E-state index contributed by atoms with van der Waals surface area (Å²) in [5, 5.41) is 3.89. The van der Waals surface area contributed by atoms with Crippen molar-refractivity contribution in [2.75, 3.05) is 13.1 Å². The summed E-state index contributed by atoms with van der Waals surface area (Å²) in [5.74, 6) is 0.595. The molecule has 2 rings (SSSR count). The van der Waals surface area contributed by atoms with Gasteiger partial charge in [-0.2, -0.15) is 0 Å². The first-order valence-corrected chi connectivity index (χ1v) is 7.17. The number of aryl methyl sites for hydroxylation is 2. The minimum atomic E-state index is 0.576. The molecule has 0 amide bonds. The number of hydrogen-bond acceptors (Lipinski definition) is 4. The number of pyridine rings is 1. The molecule has 4 nitrogen and oxygen atoms in total. The molecule has 20 heavy (non-hydrogen) atoms. The Hall–Kier alpha value is -1.52. The lowest BCUT2D eigenvalue weighted by Gasteiger charge is -2.11. The van der Waals surface area contributed by atoms with E-state index in [0.29, 0.717) is 16.5 Å². The number of likely N-dealkylation sites (N-methyl/N-ethyl adjacent to an activating group) is 1. The first kappa shape index (κ1) is 14.9. The van der Waals surface area contributed by atoms with Crippen LogP contribution < -0.4 is 5.32 Å². The summed E-state index contributed by atoms with van der Waals surface area (Å²) in [6.45, 7) is 8.03. The second-order valence-corrected chi connectivity index (χ2v) is 5.04. The Labute approximate surface area is 124 Å². The molecule has 0 aliphatic carbocycles. The van der Waals surface area contributed by atoms with Gasteiger partial charge in [0.05, 0.1) is 5.02 Å². The third-order valence-electron chi connectivity index (χ3n) is 3.19. The van der Waals surface area contributed by atoms with Crippen LogP contribution in [0.3, 0.4) is 0 Å². The molecule has 0 unspecified atom stereocenters. The average molecular weight is 291 g/mol. The second kappa shape index (κ2) is 6.77. The summed E-state index contributed by atoms with van der Waals surface area (Å²) < 4.78 is 0. The largest absolute Gasteiger partial charge is 0.317 e. The number of nitrogens with zero attached hydrogens (tertiary/aromatic N) is 3. The van der Waals surface area contributed by atoms with Gasteiger partial charge in [0.1, 0.15) is 5.69 Å². The molecule has 2 aromatic heterocycles. The molecular weight excluding hydrogens is 272 g/mol. The summed E-state index contributed by atoms with van der Waals surface area (Å²) >= 11 is 6.15. The number of rotatable bonds is 5. The van der Waals surface area contributed by atoms with Gasteiger partial charge in [0.15, 0.2) is 5.82 Å². The molecule has 0 bridgehead atoms. The zero-order valence-electron chi connectivity index (χ0n) is 12.1. The minimum Gasteiger partial charge on any atom is -0.317 e. The van der Waals surface area contributed by atoms with E-state index in [1.165, 1.54) is 5.56 Å². The maximum absolute atomic E-state index is 6.15. The van der Waals surface area contributed by atoms with E-state index in [2.05, 4.69) is 27.2 Å². The molecule has 0 aliphatic rings. The fourth-order valence-electron chi connectivity index (χ4n) is 2.15. The van der Waals surface area contributed by atoms with Crippen molar-refractivity contribution in [1.82, 2.24) is 20.3 Å². The van der Waals surface area contributed by atoms with E-state index in [-0.39, 0.29) is 0 Å². The highest BCUT2D eigenvalue weighted by Crippen LogP contribution is 2.23. The van der Waals surface area contributed by atoms with Crippen molar-refractivity contribution >= 4 is 11.6 Å². The Morgan fingerprint density at radius 1 is 1.20 bits per heavy atom. The summed E-state index contributed by atoms with van der Waals surface area (Å²) in [6, 6.07) is 3.60. The second-order valence-electron chi connectivity index (χ2n) is 4.63. The van der Waals surface area contributed by atoms with Crippen LogP contribution in [-0.4, -0.2) is 28.0 Å². The van der Waals surface area contributed by atoms with Crippen LogP contribution >= 0.6 is 11.6 Å². The highest BCUT2D eigenvalue weighted by atomic mass is 35.5. The molecule has 0 fully saturated rings. The van der Waals surface area contributed by atoms with Crippen LogP contribution in [0.2, 0.25) is 5.02 Å². The highest BCUT2D eigenvalue weighted by molar-refractivity contribution is 6.32. The molecule has 0 aromatic carbocycles. The average Bonchev–Trinajstić information content (AvgIpc) is 2.42. The molecule has 0 radical (unpaired) electrons. The van der Waals surface area contributed by atoms with Crippen molar-refractivity contribution < 1.29 is 0 Å². The van der Waals surface area contributed by atoms with E-state index in [0.717, 1.165) is 30.9 Å². The van der Waals surface area contributed by atoms with Crippen molar-refractivity contribution in [3.63, 3.8) is 0 Å². The third kappa shape index (κ3) is 3.32. The van der Waals surface area contributed by atoms with E-state index in [1.807, 2.05) is 13.8 Å². The van der Waals surface area contributed by atoms with Crippen molar-refractivity contribution in [3.05, 3.63) is 40.3 Å². The summed E-state index contributed by atoms with van der Waals surface area (Å²) in [5.41, 5.74) is 3.82. The van der Waals surface area contributed by atoms with Gasteiger partial charge in [-0.1, -0.05) is 18.5 Å². The lowest BCUT2D eigenvalue weighted by atomic mass is 10.1. The number of nitrogens with one attached hydrogen (secondary N) is 1. The van der Waals surface area contributed by atoms with Crippen LogP contribution in [0.1, 0.15) is 23.9 Å². The minimum absolute atomic E-state index is 0.576. The normalized spacial score (nSPS) is 10.8. The van der Waals surface area contributed by atoms with E-state index >= 15 is 0 Å². The van der Waals surface area contributed by atoms with Crippen LogP contribution in [0, 0.1) is 13.8 Å². The quantitative estimate of drug-likeness (QED) is 0.860.